The lowest BCUT2D eigenvalue weighted by Crippen LogP contribution is -2.43. The zero-order valence-corrected chi connectivity index (χ0v) is 10.4. The number of aliphatic hydroxyl groups is 1. The number of aliphatic carboxylic acids is 1. The van der Waals surface area contributed by atoms with Gasteiger partial charge in [0.25, 0.3) is 0 Å². The molecule has 0 aliphatic rings. The monoisotopic (exact) mass is 297 g/mol. The fourth-order valence-electron chi connectivity index (χ4n) is 1.11. The summed E-state index contributed by atoms with van der Waals surface area (Å²) in [6, 6.07) is 0.854. The van der Waals surface area contributed by atoms with Crippen molar-refractivity contribution in [2.24, 2.45) is 0 Å². The number of benzene rings is 1. The molecule has 1 atom stereocenters. The van der Waals surface area contributed by atoms with Crippen LogP contribution >= 0.6 is 11.6 Å². The van der Waals surface area contributed by atoms with Crippen LogP contribution in [0.15, 0.2) is 23.1 Å². The Hall–Kier alpha value is -1.22. The van der Waals surface area contributed by atoms with Crippen molar-refractivity contribution in [3.8, 4) is 0 Å². The van der Waals surface area contributed by atoms with Crippen molar-refractivity contribution in [2.75, 3.05) is 6.61 Å². The fraction of sp³-hybridized carbons (Fsp3) is 0.222. The molecule has 0 aromatic heterocycles. The number of carboxylic acid groups (broad SMARTS) is 1. The van der Waals surface area contributed by atoms with Crippen LogP contribution < -0.4 is 4.72 Å². The Morgan fingerprint density at radius 1 is 1.50 bits per heavy atom. The predicted molar refractivity (Wildman–Crippen MR) is 60.2 cm³/mol. The highest BCUT2D eigenvalue weighted by Gasteiger charge is 2.26. The highest BCUT2D eigenvalue weighted by Crippen LogP contribution is 2.22. The summed E-state index contributed by atoms with van der Waals surface area (Å²) in [6.07, 6.45) is 0. The number of hydrogen-bond donors (Lipinski definition) is 3. The highest BCUT2D eigenvalue weighted by molar-refractivity contribution is 7.89. The minimum atomic E-state index is -4.25. The lowest BCUT2D eigenvalue weighted by molar-refractivity contribution is -0.139. The first-order valence-corrected chi connectivity index (χ1v) is 6.45. The molecule has 0 heterocycles. The summed E-state index contributed by atoms with van der Waals surface area (Å²) in [7, 11) is -4.25. The minimum absolute atomic E-state index is 0.385. The first kappa shape index (κ1) is 14.8. The van der Waals surface area contributed by atoms with Crippen molar-refractivity contribution in [3.63, 3.8) is 0 Å². The molecule has 3 N–H and O–H groups in total. The predicted octanol–water partition coefficient (Wildman–Crippen LogP) is 0.203. The van der Waals surface area contributed by atoms with Crippen LogP contribution in [0.2, 0.25) is 5.02 Å². The van der Waals surface area contributed by atoms with Crippen molar-refractivity contribution in [3.05, 3.63) is 29.0 Å². The number of carbonyl (C=O) groups is 1. The van der Waals surface area contributed by atoms with E-state index in [0.717, 1.165) is 18.2 Å². The Morgan fingerprint density at radius 2 is 2.11 bits per heavy atom. The number of rotatable bonds is 5. The maximum absolute atomic E-state index is 12.8. The van der Waals surface area contributed by atoms with E-state index in [-0.39, 0.29) is 5.02 Å². The van der Waals surface area contributed by atoms with Gasteiger partial charge in [0.1, 0.15) is 16.8 Å². The van der Waals surface area contributed by atoms with Crippen molar-refractivity contribution >= 4 is 27.6 Å². The van der Waals surface area contributed by atoms with Crippen molar-refractivity contribution < 1.29 is 27.8 Å². The first-order valence-electron chi connectivity index (χ1n) is 4.59. The summed E-state index contributed by atoms with van der Waals surface area (Å²) in [6.45, 7) is -0.923. The van der Waals surface area contributed by atoms with Gasteiger partial charge in [-0.1, -0.05) is 11.6 Å². The van der Waals surface area contributed by atoms with Gasteiger partial charge in [-0.15, -0.1) is 0 Å². The second kappa shape index (κ2) is 5.61. The third kappa shape index (κ3) is 3.39. The zero-order valence-electron chi connectivity index (χ0n) is 8.80. The van der Waals surface area contributed by atoms with E-state index in [0.29, 0.717) is 0 Å². The number of hydrogen-bond acceptors (Lipinski definition) is 4. The summed E-state index contributed by atoms with van der Waals surface area (Å²) in [5.41, 5.74) is 0. The molecule has 0 saturated heterocycles. The number of halogens is 2. The molecular formula is C9H9ClFNO5S. The molecule has 0 aliphatic carbocycles. The molecule has 0 radical (unpaired) electrons. The summed E-state index contributed by atoms with van der Waals surface area (Å²) in [5.74, 6) is -2.27. The number of carboxylic acids is 1. The van der Waals surface area contributed by atoms with E-state index >= 15 is 0 Å². The number of sulfonamides is 1. The molecule has 0 aliphatic heterocycles. The van der Waals surface area contributed by atoms with E-state index in [1.54, 1.807) is 4.72 Å². The van der Waals surface area contributed by atoms with Gasteiger partial charge in [0.05, 0.1) is 11.6 Å². The standard InChI is InChI=1S/C9H9ClFNO5S/c10-6-3-5(11)1-2-8(6)18(16,17)12-7(4-13)9(14)15/h1-3,7,12-13H,4H2,(H,14,15). The molecule has 1 aromatic carbocycles. The van der Waals surface area contributed by atoms with Gasteiger partial charge in [-0.25, -0.2) is 12.8 Å². The van der Waals surface area contributed by atoms with Gasteiger partial charge in [0, 0.05) is 0 Å². The van der Waals surface area contributed by atoms with E-state index in [1.807, 2.05) is 0 Å². The molecule has 100 valence electrons. The molecule has 6 nitrogen and oxygen atoms in total. The van der Waals surface area contributed by atoms with Gasteiger partial charge in [0.15, 0.2) is 0 Å². The number of aliphatic hydroxyl groups excluding tert-OH is 1. The largest absolute Gasteiger partial charge is 0.480 e. The molecule has 0 fully saturated rings. The van der Waals surface area contributed by atoms with Crippen LogP contribution in [0.25, 0.3) is 0 Å². The van der Waals surface area contributed by atoms with Crippen LogP contribution in [0.5, 0.6) is 0 Å². The molecule has 0 bridgehead atoms. The first-order chi connectivity index (χ1) is 8.27. The second-order valence-corrected chi connectivity index (χ2v) is 5.36. The smallest absolute Gasteiger partial charge is 0.324 e. The highest BCUT2D eigenvalue weighted by atomic mass is 35.5. The van der Waals surface area contributed by atoms with Crippen molar-refractivity contribution in [2.45, 2.75) is 10.9 Å². The SMILES string of the molecule is O=C(O)C(CO)NS(=O)(=O)c1ccc(F)cc1Cl. The van der Waals surface area contributed by atoms with Crippen LogP contribution in [-0.4, -0.2) is 37.2 Å². The average Bonchev–Trinajstić information content (AvgIpc) is 2.24. The van der Waals surface area contributed by atoms with Crippen molar-refractivity contribution in [1.82, 2.24) is 4.72 Å². The van der Waals surface area contributed by atoms with Gasteiger partial charge in [-0.05, 0) is 18.2 Å². The Balaban J connectivity index is 3.10. The molecule has 0 spiro atoms. The molecule has 0 saturated carbocycles. The Bertz CT molecular complexity index is 562. The average molecular weight is 298 g/mol. The summed E-state index contributed by atoms with van der Waals surface area (Å²) in [5, 5.41) is 17.0. The molecule has 1 unspecified atom stereocenters. The van der Waals surface area contributed by atoms with Crippen LogP contribution in [0.3, 0.4) is 0 Å². The van der Waals surface area contributed by atoms with Gasteiger partial charge in [-0.3, -0.25) is 4.79 Å². The summed E-state index contributed by atoms with van der Waals surface area (Å²) in [4.78, 5) is 10.1. The zero-order chi connectivity index (χ0) is 13.9. The molecular weight excluding hydrogens is 289 g/mol. The van der Waals surface area contributed by atoms with Gasteiger partial charge in [-0.2, -0.15) is 4.72 Å². The van der Waals surface area contributed by atoms with Crippen LogP contribution in [-0.2, 0) is 14.8 Å². The van der Waals surface area contributed by atoms with Gasteiger partial charge >= 0.3 is 5.97 Å². The number of nitrogens with one attached hydrogen (secondary N) is 1. The third-order valence-electron chi connectivity index (χ3n) is 1.96. The molecule has 1 rings (SSSR count). The van der Waals surface area contributed by atoms with Crippen LogP contribution in [0.4, 0.5) is 4.39 Å². The quantitative estimate of drug-likeness (QED) is 0.720. The molecule has 18 heavy (non-hydrogen) atoms. The van der Waals surface area contributed by atoms with E-state index < -0.39 is 39.4 Å². The van der Waals surface area contributed by atoms with Crippen LogP contribution in [0, 0.1) is 5.82 Å². The molecule has 0 amide bonds. The third-order valence-corrected chi connectivity index (χ3v) is 3.92. The Labute approximate surface area is 107 Å². The maximum Gasteiger partial charge on any atom is 0.324 e. The van der Waals surface area contributed by atoms with Gasteiger partial charge < -0.3 is 10.2 Å². The summed E-state index contributed by atoms with van der Waals surface area (Å²) < 4.78 is 38.0. The maximum atomic E-state index is 12.8. The summed E-state index contributed by atoms with van der Waals surface area (Å²) >= 11 is 5.55. The second-order valence-electron chi connectivity index (χ2n) is 3.27. The molecule has 1 aromatic rings. The minimum Gasteiger partial charge on any atom is -0.480 e. The Morgan fingerprint density at radius 3 is 2.56 bits per heavy atom. The van der Waals surface area contributed by atoms with Gasteiger partial charge in [0.2, 0.25) is 10.0 Å². The lowest BCUT2D eigenvalue weighted by atomic mass is 10.3. The van der Waals surface area contributed by atoms with E-state index in [1.165, 1.54) is 0 Å². The lowest BCUT2D eigenvalue weighted by Gasteiger charge is -2.13. The van der Waals surface area contributed by atoms with E-state index in [2.05, 4.69) is 0 Å². The Kier molecular flexibility index (Phi) is 4.63. The van der Waals surface area contributed by atoms with Crippen molar-refractivity contribution in [1.29, 1.82) is 0 Å². The molecule has 9 heteroatoms. The van der Waals surface area contributed by atoms with E-state index in [4.69, 9.17) is 21.8 Å². The fourth-order valence-corrected chi connectivity index (χ4v) is 2.82. The van der Waals surface area contributed by atoms with Crippen LogP contribution in [0.1, 0.15) is 0 Å². The topological polar surface area (TPSA) is 104 Å². The normalized spacial score (nSPS) is 13.3. The van der Waals surface area contributed by atoms with E-state index in [9.17, 15) is 17.6 Å².